The number of anilines is 1. The fourth-order valence-electron chi connectivity index (χ4n) is 4.20. The van der Waals surface area contributed by atoms with Crippen LogP contribution in [0, 0.1) is 0 Å². The second-order valence-corrected chi connectivity index (χ2v) is 11.7. The van der Waals surface area contributed by atoms with E-state index in [0.29, 0.717) is 41.5 Å². The molecule has 190 valence electrons. The maximum absolute atomic E-state index is 13.4. The van der Waals surface area contributed by atoms with Crippen LogP contribution >= 0.6 is 11.3 Å². The summed E-state index contributed by atoms with van der Waals surface area (Å²) in [7, 11) is -3.99. The van der Waals surface area contributed by atoms with Gasteiger partial charge in [0.25, 0.3) is 6.43 Å². The van der Waals surface area contributed by atoms with Crippen LogP contribution in [0.25, 0.3) is 16.3 Å². The first kappa shape index (κ1) is 24.4. The number of pyridine rings is 1. The van der Waals surface area contributed by atoms with Gasteiger partial charge in [0.15, 0.2) is 15.7 Å². The first-order valence-electron chi connectivity index (χ1n) is 10.8. The topological polar surface area (TPSA) is 131 Å². The van der Waals surface area contributed by atoms with Gasteiger partial charge < -0.3 is 19.5 Å². The third-order valence-corrected chi connectivity index (χ3v) is 8.37. The van der Waals surface area contributed by atoms with E-state index in [0.717, 1.165) is 0 Å². The summed E-state index contributed by atoms with van der Waals surface area (Å²) in [5.41, 5.74) is 0.519. The van der Waals surface area contributed by atoms with Crippen LogP contribution in [-0.4, -0.2) is 83.8 Å². The zero-order chi connectivity index (χ0) is 25.0. The lowest BCUT2D eigenvalue weighted by Gasteiger charge is -2.39. The number of rotatable bonds is 7. The van der Waals surface area contributed by atoms with Gasteiger partial charge >= 0.3 is 0 Å². The summed E-state index contributed by atoms with van der Waals surface area (Å²) in [6, 6.07) is 1.52. The largest absolute Gasteiger partial charge is 0.394 e. The van der Waals surface area contributed by atoms with Crippen LogP contribution in [0.2, 0.25) is 0 Å². The second-order valence-electron chi connectivity index (χ2n) is 8.96. The molecule has 3 aromatic rings. The number of halogens is 2. The zero-order valence-electron chi connectivity index (χ0n) is 18.9. The van der Waals surface area contributed by atoms with E-state index < -0.39 is 33.1 Å². The van der Waals surface area contributed by atoms with E-state index in [1.165, 1.54) is 22.9 Å². The number of sulfonamides is 1. The minimum absolute atomic E-state index is 0.0364. The van der Waals surface area contributed by atoms with E-state index in [1.807, 2.05) is 11.8 Å². The number of hydrogen-bond acceptors (Lipinski definition) is 10. The smallest absolute Gasteiger partial charge is 0.291 e. The molecular formula is C20H24F2N6O5S2. The molecule has 0 bridgehead atoms. The summed E-state index contributed by atoms with van der Waals surface area (Å²) in [6.45, 7) is 4.65. The Kier molecular flexibility index (Phi) is 6.26. The van der Waals surface area contributed by atoms with Crippen LogP contribution in [0.4, 0.5) is 14.5 Å². The van der Waals surface area contributed by atoms with Gasteiger partial charge in [-0.3, -0.25) is 4.40 Å². The summed E-state index contributed by atoms with van der Waals surface area (Å²) < 4.78 is 68.1. The monoisotopic (exact) mass is 530 g/mol. The normalized spacial score (nSPS) is 22.6. The number of imidazole rings is 1. The Hall–Kier alpha value is -2.30. The minimum Gasteiger partial charge on any atom is -0.394 e. The molecule has 0 unspecified atom stereocenters. The molecule has 11 nitrogen and oxygen atoms in total. The molecule has 2 atom stereocenters. The van der Waals surface area contributed by atoms with E-state index in [2.05, 4.69) is 19.9 Å². The predicted molar refractivity (Wildman–Crippen MR) is 122 cm³/mol. The van der Waals surface area contributed by atoms with Crippen LogP contribution in [0.1, 0.15) is 25.3 Å². The van der Waals surface area contributed by atoms with Crippen molar-refractivity contribution in [1.29, 1.82) is 0 Å². The Morgan fingerprint density at radius 3 is 2.74 bits per heavy atom. The molecule has 2 aliphatic heterocycles. The number of nitrogens with zero attached hydrogens (tertiary/aromatic N) is 5. The van der Waals surface area contributed by atoms with Gasteiger partial charge in [0.2, 0.25) is 10.0 Å². The van der Waals surface area contributed by atoms with E-state index >= 15 is 0 Å². The zero-order valence-corrected chi connectivity index (χ0v) is 20.5. The predicted octanol–water partition coefficient (Wildman–Crippen LogP) is 1.44. The van der Waals surface area contributed by atoms with Gasteiger partial charge in [-0.15, -0.1) is 10.2 Å². The second kappa shape index (κ2) is 8.97. The van der Waals surface area contributed by atoms with Gasteiger partial charge in [0.1, 0.15) is 10.6 Å². The van der Waals surface area contributed by atoms with Crippen molar-refractivity contribution in [2.75, 3.05) is 37.8 Å². The molecule has 0 saturated carbocycles. The molecule has 2 aliphatic rings. The average molecular weight is 531 g/mol. The number of ether oxygens (including phenoxy) is 2. The quantitative estimate of drug-likeness (QED) is 0.466. The molecule has 0 amide bonds. The van der Waals surface area contributed by atoms with Crippen molar-refractivity contribution in [3.8, 4) is 10.7 Å². The van der Waals surface area contributed by atoms with Crippen molar-refractivity contribution < 1.29 is 31.8 Å². The number of hydrogen-bond donors (Lipinski definition) is 2. The van der Waals surface area contributed by atoms with Gasteiger partial charge in [0.05, 0.1) is 49.5 Å². The molecule has 2 N–H and O–H groups in total. The fourth-order valence-corrected chi connectivity index (χ4v) is 6.30. The molecule has 3 aromatic heterocycles. The van der Waals surface area contributed by atoms with Crippen molar-refractivity contribution in [2.24, 2.45) is 0 Å². The Morgan fingerprint density at radius 2 is 2.11 bits per heavy atom. The SMILES string of the molecule is C[C@@H]1CN(c2cc(S(=O)(=O)NC3(C)COC3)cn3c(-c4nnc(C(F)F)s4)cnc23)C[C@@H](CO)O1. The fraction of sp³-hybridized carbons (Fsp3) is 0.550. The highest BCUT2D eigenvalue weighted by atomic mass is 32.2. The van der Waals surface area contributed by atoms with E-state index in [4.69, 9.17) is 9.47 Å². The molecule has 35 heavy (non-hydrogen) atoms. The van der Waals surface area contributed by atoms with Crippen LogP contribution in [0.15, 0.2) is 23.4 Å². The molecular weight excluding hydrogens is 506 g/mol. The van der Waals surface area contributed by atoms with Gasteiger partial charge in [-0.2, -0.15) is 0 Å². The van der Waals surface area contributed by atoms with Crippen LogP contribution in [-0.2, 0) is 19.5 Å². The summed E-state index contributed by atoms with van der Waals surface area (Å²) in [5, 5.41) is 16.8. The maximum atomic E-state index is 13.4. The van der Waals surface area contributed by atoms with Crippen LogP contribution in [0.3, 0.4) is 0 Å². The number of alkyl halides is 2. The first-order chi connectivity index (χ1) is 16.6. The molecule has 5 heterocycles. The summed E-state index contributed by atoms with van der Waals surface area (Å²) in [5.74, 6) is 0. The van der Waals surface area contributed by atoms with Crippen molar-refractivity contribution >= 4 is 32.7 Å². The Bertz CT molecular complexity index is 1340. The highest BCUT2D eigenvalue weighted by molar-refractivity contribution is 7.89. The number of morpholine rings is 1. The summed E-state index contributed by atoms with van der Waals surface area (Å²) in [6.07, 6.45) is -0.617. The number of nitrogens with one attached hydrogen (secondary N) is 1. The molecule has 5 rings (SSSR count). The number of aliphatic hydroxyl groups is 1. The molecule has 0 radical (unpaired) electrons. The Labute approximate surface area is 203 Å². The molecule has 0 spiro atoms. The number of fused-ring (bicyclic) bond motifs is 1. The van der Waals surface area contributed by atoms with Crippen LogP contribution in [0.5, 0.6) is 0 Å². The lowest BCUT2D eigenvalue weighted by atomic mass is 10.0. The number of aliphatic hydroxyl groups excluding tert-OH is 1. The Morgan fingerprint density at radius 1 is 1.34 bits per heavy atom. The standard InChI is InChI=1S/C20H24F2N6O5S2/c1-11-5-27(6-12(8-29)33-11)14-3-13(35(30,31)26-20(2)9-32-10-20)7-28-15(4-23-17(14)28)18-24-25-19(34-18)16(21)22/h3-4,7,11-12,16,26,29H,5-6,8-10H2,1-2H3/t11-,12+/m1/s1. The molecule has 15 heteroatoms. The lowest BCUT2D eigenvalue weighted by Crippen LogP contribution is -2.59. The van der Waals surface area contributed by atoms with Gasteiger partial charge in [-0.05, 0) is 19.9 Å². The lowest BCUT2D eigenvalue weighted by molar-refractivity contribution is -0.0523. The van der Waals surface area contributed by atoms with Crippen LogP contribution < -0.4 is 9.62 Å². The van der Waals surface area contributed by atoms with E-state index in [9.17, 15) is 22.3 Å². The van der Waals surface area contributed by atoms with Gasteiger partial charge in [-0.25, -0.2) is 26.9 Å². The first-order valence-corrected chi connectivity index (χ1v) is 13.1. The highest BCUT2D eigenvalue weighted by Crippen LogP contribution is 2.34. The molecule has 0 aliphatic carbocycles. The minimum atomic E-state index is -3.99. The number of aromatic nitrogens is 4. The third-order valence-electron chi connectivity index (χ3n) is 5.81. The van der Waals surface area contributed by atoms with E-state index in [1.54, 1.807) is 6.92 Å². The van der Waals surface area contributed by atoms with Crippen molar-refractivity contribution in [2.45, 2.75) is 42.9 Å². The molecule has 2 saturated heterocycles. The van der Waals surface area contributed by atoms with Gasteiger partial charge in [-0.1, -0.05) is 11.3 Å². The third kappa shape index (κ3) is 4.63. The maximum Gasteiger partial charge on any atom is 0.291 e. The average Bonchev–Trinajstić information content (AvgIpc) is 3.43. The van der Waals surface area contributed by atoms with Crippen molar-refractivity contribution in [3.63, 3.8) is 0 Å². The van der Waals surface area contributed by atoms with Gasteiger partial charge in [0, 0.05) is 19.3 Å². The molecule has 0 aromatic carbocycles. The van der Waals surface area contributed by atoms with E-state index in [-0.39, 0.29) is 35.8 Å². The van der Waals surface area contributed by atoms with Crippen molar-refractivity contribution in [1.82, 2.24) is 24.3 Å². The summed E-state index contributed by atoms with van der Waals surface area (Å²) in [4.78, 5) is 6.32. The summed E-state index contributed by atoms with van der Waals surface area (Å²) >= 11 is 0.714. The van der Waals surface area contributed by atoms with Crippen molar-refractivity contribution in [3.05, 3.63) is 23.5 Å². The molecule has 2 fully saturated rings. The highest BCUT2D eigenvalue weighted by Gasteiger charge is 2.38. The Balaban J connectivity index is 1.65.